The van der Waals surface area contributed by atoms with Crippen LogP contribution in [0, 0.1) is 0 Å². The van der Waals surface area contributed by atoms with Crippen LogP contribution in [-0.2, 0) is 0 Å². The number of nitrogens with zero attached hydrogens (tertiary/aromatic N) is 1. The third-order valence-corrected chi connectivity index (χ3v) is 3.58. The Kier molecular flexibility index (Phi) is 14.5. The van der Waals surface area contributed by atoms with Gasteiger partial charge >= 0.3 is 0 Å². The molecule has 0 fully saturated rings. The molecule has 0 aliphatic heterocycles. The molecule has 0 aromatic heterocycles. The molecule has 0 aromatic carbocycles. The van der Waals surface area contributed by atoms with Crippen LogP contribution in [0.2, 0.25) is 0 Å². The zero-order valence-electron chi connectivity index (χ0n) is 12.9. The van der Waals surface area contributed by atoms with E-state index in [0.717, 1.165) is 6.54 Å². The highest BCUT2D eigenvalue weighted by atomic mass is 15.1. The van der Waals surface area contributed by atoms with Crippen molar-refractivity contribution in [1.29, 1.82) is 0 Å². The second kappa shape index (κ2) is 14.8. The van der Waals surface area contributed by atoms with Gasteiger partial charge in [-0.3, -0.25) is 0 Å². The lowest BCUT2D eigenvalue weighted by atomic mass is 10.1. The molecule has 0 N–H and O–H groups in total. The van der Waals surface area contributed by atoms with E-state index in [-0.39, 0.29) is 0 Å². The van der Waals surface area contributed by atoms with Gasteiger partial charge in [0.15, 0.2) is 0 Å². The average Bonchev–Trinajstić information content (AvgIpc) is 2.36. The van der Waals surface area contributed by atoms with Gasteiger partial charge in [0.2, 0.25) is 0 Å². The number of hydrogen-bond donors (Lipinski definition) is 0. The first kappa shape index (κ1) is 17.7. The van der Waals surface area contributed by atoms with Crippen molar-refractivity contribution in [2.45, 2.75) is 77.6 Å². The van der Waals surface area contributed by atoms with Gasteiger partial charge in [0.1, 0.15) is 0 Å². The summed E-state index contributed by atoms with van der Waals surface area (Å²) in [7, 11) is 2.18. The van der Waals surface area contributed by atoms with Crippen LogP contribution in [0.3, 0.4) is 0 Å². The summed E-state index contributed by atoms with van der Waals surface area (Å²) >= 11 is 0. The molecule has 0 amide bonds. The lowest BCUT2D eigenvalue weighted by Gasteiger charge is -2.13. The second-order valence-electron chi connectivity index (χ2n) is 5.59. The first-order chi connectivity index (χ1) is 8.81. The van der Waals surface area contributed by atoms with E-state index in [4.69, 9.17) is 0 Å². The second-order valence-corrected chi connectivity index (χ2v) is 5.59. The summed E-state index contributed by atoms with van der Waals surface area (Å²) in [4.78, 5) is 2.35. The normalized spacial score (nSPS) is 11.1. The maximum atomic E-state index is 3.76. The fourth-order valence-corrected chi connectivity index (χ4v) is 2.36. The van der Waals surface area contributed by atoms with Crippen molar-refractivity contribution in [1.82, 2.24) is 4.90 Å². The van der Waals surface area contributed by atoms with E-state index in [0.29, 0.717) is 0 Å². The van der Waals surface area contributed by atoms with E-state index in [1.54, 1.807) is 0 Å². The van der Waals surface area contributed by atoms with E-state index >= 15 is 0 Å². The minimum absolute atomic E-state index is 1.03. The molecule has 0 bridgehead atoms. The maximum absolute atomic E-state index is 3.76. The largest absolute Gasteiger partial charge is 0.303 e. The van der Waals surface area contributed by atoms with E-state index in [9.17, 15) is 0 Å². The van der Waals surface area contributed by atoms with Crippen molar-refractivity contribution < 1.29 is 0 Å². The molecule has 0 rings (SSSR count). The summed E-state index contributed by atoms with van der Waals surface area (Å²) in [6, 6.07) is 0. The zero-order chi connectivity index (χ0) is 13.5. The summed E-state index contributed by atoms with van der Waals surface area (Å²) in [6.07, 6.45) is 17.7. The van der Waals surface area contributed by atoms with Crippen LogP contribution in [0.1, 0.15) is 77.6 Å². The molecule has 0 spiro atoms. The number of unbranched alkanes of at least 4 members (excludes halogenated alkanes) is 10. The van der Waals surface area contributed by atoms with Crippen molar-refractivity contribution in [2.24, 2.45) is 0 Å². The van der Waals surface area contributed by atoms with Crippen molar-refractivity contribution in [3.05, 3.63) is 12.7 Å². The molecule has 0 saturated carbocycles. The smallest absolute Gasteiger partial charge is 0.0157 e. The molecule has 1 nitrogen and oxygen atoms in total. The summed E-state index contributed by atoms with van der Waals surface area (Å²) in [6.45, 7) is 8.30. The zero-order valence-corrected chi connectivity index (χ0v) is 12.9. The molecular weight excluding hydrogens is 218 g/mol. The third-order valence-electron chi connectivity index (χ3n) is 3.58. The Morgan fingerprint density at radius 2 is 1.22 bits per heavy atom. The number of hydrogen-bond acceptors (Lipinski definition) is 1. The molecule has 0 saturated heterocycles. The number of likely N-dealkylation sites (N-methyl/N-ethyl adjacent to an activating group) is 1. The van der Waals surface area contributed by atoms with Gasteiger partial charge in [-0.2, -0.15) is 0 Å². The molecule has 0 unspecified atom stereocenters. The van der Waals surface area contributed by atoms with Crippen LogP contribution in [0.15, 0.2) is 12.7 Å². The summed E-state index contributed by atoms with van der Waals surface area (Å²) < 4.78 is 0. The Balaban J connectivity index is 3.00. The van der Waals surface area contributed by atoms with Crippen LogP contribution in [-0.4, -0.2) is 25.0 Å². The Morgan fingerprint density at radius 1 is 0.778 bits per heavy atom. The van der Waals surface area contributed by atoms with Crippen LogP contribution >= 0.6 is 0 Å². The predicted octanol–water partition coefficient (Wildman–Crippen LogP) is 5.42. The van der Waals surface area contributed by atoms with Crippen molar-refractivity contribution in [3.63, 3.8) is 0 Å². The van der Waals surface area contributed by atoms with Crippen molar-refractivity contribution in [3.8, 4) is 0 Å². The highest BCUT2D eigenvalue weighted by Crippen LogP contribution is 2.11. The molecule has 18 heavy (non-hydrogen) atoms. The highest BCUT2D eigenvalue weighted by Gasteiger charge is 1.95. The average molecular weight is 253 g/mol. The fourth-order valence-electron chi connectivity index (χ4n) is 2.36. The fraction of sp³-hybridized carbons (Fsp3) is 0.882. The molecule has 0 aromatic rings. The number of rotatable bonds is 14. The molecule has 0 aliphatic rings. The van der Waals surface area contributed by atoms with Gasteiger partial charge in [0.05, 0.1) is 0 Å². The van der Waals surface area contributed by atoms with E-state index in [2.05, 4.69) is 25.5 Å². The molecule has 1 heteroatoms. The van der Waals surface area contributed by atoms with Gasteiger partial charge in [-0.25, -0.2) is 0 Å². The molecule has 0 radical (unpaired) electrons. The summed E-state index contributed by atoms with van der Waals surface area (Å²) in [5.41, 5.74) is 0. The lowest BCUT2D eigenvalue weighted by molar-refractivity contribution is 0.356. The minimum Gasteiger partial charge on any atom is -0.303 e. The first-order valence-corrected chi connectivity index (χ1v) is 8.10. The maximum Gasteiger partial charge on any atom is 0.0157 e. The Hall–Kier alpha value is -0.300. The van der Waals surface area contributed by atoms with Gasteiger partial charge in [0, 0.05) is 6.54 Å². The predicted molar refractivity (Wildman–Crippen MR) is 84.2 cm³/mol. The van der Waals surface area contributed by atoms with Crippen LogP contribution < -0.4 is 0 Å². The Labute approximate surface area is 116 Å². The molecule has 0 heterocycles. The highest BCUT2D eigenvalue weighted by molar-refractivity contribution is 4.70. The summed E-state index contributed by atoms with van der Waals surface area (Å²) in [5.74, 6) is 0. The molecular formula is C17H35N. The Bertz CT molecular complexity index is 165. The monoisotopic (exact) mass is 253 g/mol. The minimum atomic E-state index is 1.03. The van der Waals surface area contributed by atoms with Gasteiger partial charge in [0.25, 0.3) is 0 Å². The van der Waals surface area contributed by atoms with E-state index in [1.807, 2.05) is 6.08 Å². The Morgan fingerprint density at radius 3 is 1.67 bits per heavy atom. The van der Waals surface area contributed by atoms with Gasteiger partial charge < -0.3 is 4.90 Å². The first-order valence-electron chi connectivity index (χ1n) is 8.10. The summed E-state index contributed by atoms with van der Waals surface area (Å²) in [5, 5.41) is 0. The quantitative estimate of drug-likeness (QED) is 0.295. The topological polar surface area (TPSA) is 3.24 Å². The molecule has 108 valence electrons. The van der Waals surface area contributed by atoms with Crippen molar-refractivity contribution in [2.75, 3.05) is 20.1 Å². The van der Waals surface area contributed by atoms with Crippen LogP contribution in [0.5, 0.6) is 0 Å². The van der Waals surface area contributed by atoms with E-state index in [1.165, 1.54) is 77.2 Å². The van der Waals surface area contributed by atoms with Crippen LogP contribution in [0.4, 0.5) is 0 Å². The van der Waals surface area contributed by atoms with Gasteiger partial charge in [-0.15, -0.1) is 6.58 Å². The van der Waals surface area contributed by atoms with Gasteiger partial charge in [-0.1, -0.05) is 77.2 Å². The van der Waals surface area contributed by atoms with Gasteiger partial charge in [-0.05, 0) is 20.0 Å². The molecule has 0 atom stereocenters. The standard InChI is InChI=1S/C17H35N/c1-4-6-7-8-9-10-11-12-13-14-15-17-18(3)16-5-2/h5H,2,4,6-17H2,1,3H3. The molecule has 0 aliphatic carbocycles. The lowest BCUT2D eigenvalue weighted by Crippen LogP contribution is -2.19. The third kappa shape index (κ3) is 13.8. The van der Waals surface area contributed by atoms with Crippen molar-refractivity contribution >= 4 is 0 Å². The van der Waals surface area contributed by atoms with E-state index < -0.39 is 0 Å². The SMILES string of the molecule is C=CCN(C)CCCCCCCCCCCCC. The van der Waals surface area contributed by atoms with Crippen LogP contribution in [0.25, 0.3) is 0 Å².